The van der Waals surface area contributed by atoms with Crippen molar-refractivity contribution in [3.8, 4) is 33.8 Å². The van der Waals surface area contributed by atoms with Crippen molar-refractivity contribution >= 4 is 0 Å². The molecule has 0 aliphatic heterocycles. The van der Waals surface area contributed by atoms with Gasteiger partial charge in [-0.3, -0.25) is 4.57 Å². The first-order valence-corrected chi connectivity index (χ1v) is 11.6. The van der Waals surface area contributed by atoms with E-state index in [0.29, 0.717) is 33.7 Å². The highest BCUT2D eigenvalue weighted by atomic mass is 19.4. The van der Waals surface area contributed by atoms with E-state index in [9.17, 15) is 31.5 Å². The Balaban J connectivity index is 1.94. The molecular formula is C27H23F6N3O2. The fourth-order valence-electron chi connectivity index (χ4n) is 4.19. The smallest absolute Gasteiger partial charge is 0.416 e. The van der Waals surface area contributed by atoms with Crippen molar-refractivity contribution in [2.45, 2.75) is 38.5 Å². The monoisotopic (exact) mass is 535 g/mol. The van der Waals surface area contributed by atoms with Crippen molar-refractivity contribution in [1.82, 2.24) is 9.55 Å². The maximum Gasteiger partial charge on any atom is 0.416 e. The fraction of sp³-hybridized carbons (Fsp3) is 0.259. The number of hydrogen-bond donors (Lipinski definition) is 0. The van der Waals surface area contributed by atoms with Gasteiger partial charge in [-0.05, 0) is 48.7 Å². The molecule has 0 bridgehead atoms. The number of benzene rings is 2. The van der Waals surface area contributed by atoms with Crippen molar-refractivity contribution in [3.05, 3.63) is 89.3 Å². The number of ether oxygens (including phenoxy) is 1. The summed E-state index contributed by atoms with van der Waals surface area (Å²) in [5.74, 6) is 0.482. The molecule has 11 heteroatoms. The summed E-state index contributed by atoms with van der Waals surface area (Å²) in [6, 6.07) is 8.42. The number of halogens is 6. The Morgan fingerprint density at radius 3 is 2.24 bits per heavy atom. The van der Waals surface area contributed by atoms with Crippen molar-refractivity contribution in [1.29, 1.82) is 0 Å². The summed E-state index contributed by atoms with van der Waals surface area (Å²) >= 11 is 0. The summed E-state index contributed by atoms with van der Waals surface area (Å²) in [5, 5.41) is 12.3. The van der Waals surface area contributed by atoms with E-state index in [1.54, 1.807) is 6.07 Å². The molecular weight excluding hydrogens is 512 g/mol. The van der Waals surface area contributed by atoms with Gasteiger partial charge in [-0.25, -0.2) is 4.98 Å². The molecule has 0 amide bonds. The normalized spacial score (nSPS) is 12.1. The zero-order valence-electron chi connectivity index (χ0n) is 20.4. The summed E-state index contributed by atoms with van der Waals surface area (Å²) in [7, 11) is 1.48. The van der Waals surface area contributed by atoms with E-state index in [4.69, 9.17) is 4.74 Å². The van der Waals surface area contributed by atoms with Crippen LogP contribution in [-0.2, 0) is 18.8 Å². The van der Waals surface area contributed by atoms with Crippen LogP contribution in [-0.4, -0.2) is 16.7 Å². The number of rotatable bonds is 7. The zero-order valence-corrected chi connectivity index (χ0v) is 20.4. The average molecular weight is 535 g/mol. The van der Waals surface area contributed by atoms with E-state index in [1.807, 2.05) is 12.1 Å². The highest BCUT2D eigenvalue weighted by Gasteiger charge is 2.37. The Labute approximate surface area is 214 Å². The molecule has 200 valence electrons. The van der Waals surface area contributed by atoms with Crippen LogP contribution in [0.15, 0.2) is 67.4 Å². The maximum absolute atomic E-state index is 13.5. The minimum absolute atomic E-state index is 0.0600. The Morgan fingerprint density at radius 1 is 0.947 bits per heavy atom. The van der Waals surface area contributed by atoms with Gasteiger partial charge in [0.25, 0.3) is 0 Å². The van der Waals surface area contributed by atoms with E-state index in [-0.39, 0.29) is 23.0 Å². The molecule has 0 spiro atoms. The summed E-state index contributed by atoms with van der Waals surface area (Å²) in [6.07, 6.45) is -2.51. The third-order valence-electron chi connectivity index (χ3n) is 6.07. The highest BCUT2D eigenvalue weighted by molar-refractivity contribution is 5.79. The third-order valence-corrected chi connectivity index (χ3v) is 6.07. The molecule has 0 N–H and O–H groups in total. The minimum Gasteiger partial charge on any atom is -0.619 e. The van der Waals surface area contributed by atoms with Gasteiger partial charge in [0.1, 0.15) is 11.4 Å². The summed E-state index contributed by atoms with van der Waals surface area (Å²) in [5.41, 5.74) is -1.03. The standard InChI is InChI=1S/C27H23F6N3O2/c1-3-4-5-17-6-7-25(38-2)22(10-17)21-8-9-35(37)15-24(21)36-16-34-14-23(36)18-11-19(26(28,29)30)13-20(12-18)27(31,32)33/h6-16H,3-5H2,1-2H3. The molecule has 4 rings (SSSR count). The Morgan fingerprint density at radius 2 is 1.63 bits per heavy atom. The molecule has 2 aromatic carbocycles. The average Bonchev–Trinajstić information content (AvgIpc) is 3.36. The number of hydrogen-bond acceptors (Lipinski definition) is 3. The van der Waals surface area contributed by atoms with Crippen LogP contribution in [0.2, 0.25) is 0 Å². The molecule has 5 nitrogen and oxygen atoms in total. The molecule has 2 heterocycles. The quantitative estimate of drug-likeness (QED) is 0.143. The number of unbranched alkanes of at least 4 members (excludes halogenated alkanes) is 1. The first-order chi connectivity index (χ1) is 17.9. The van der Waals surface area contributed by atoms with Crippen molar-refractivity contribution in [3.63, 3.8) is 0 Å². The number of aromatic nitrogens is 3. The van der Waals surface area contributed by atoms with Gasteiger partial charge in [-0.1, -0.05) is 19.4 Å². The summed E-state index contributed by atoms with van der Waals surface area (Å²) in [4.78, 5) is 3.98. The fourth-order valence-corrected chi connectivity index (χ4v) is 4.19. The molecule has 2 aromatic heterocycles. The molecule has 0 saturated carbocycles. The maximum atomic E-state index is 13.5. The summed E-state index contributed by atoms with van der Waals surface area (Å²) < 4.78 is 88.3. The number of methoxy groups -OCH3 is 1. The van der Waals surface area contributed by atoms with Gasteiger partial charge in [0.15, 0.2) is 6.20 Å². The van der Waals surface area contributed by atoms with Crippen LogP contribution in [0.4, 0.5) is 26.3 Å². The lowest BCUT2D eigenvalue weighted by Crippen LogP contribution is -2.25. The lowest BCUT2D eigenvalue weighted by Gasteiger charge is -2.17. The van der Waals surface area contributed by atoms with Gasteiger partial charge < -0.3 is 9.94 Å². The summed E-state index contributed by atoms with van der Waals surface area (Å²) in [6.45, 7) is 2.06. The molecule has 0 radical (unpaired) electrons. The van der Waals surface area contributed by atoms with E-state index in [0.717, 1.165) is 31.0 Å². The second-order valence-electron chi connectivity index (χ2n) is 8.69. The van der Waals surface area contributed by atoms with Gasteiger partial charge in [0.05, 0.1) is 36.5 Å². The molecule has 38 heavy (non-hydrogen) atoms. The van der Waals surface area contributed by atoms with E-state index >= 15 is 0 Å². The second kappa shape index (κ2) is 10.4. The Kier molecular flexibility index (Phi) is 7.39. The Bertz CT molecular complexity index is 1410. The van der Waals surface area contributed by atoms with E-state index in [2.05, 4.69) is 11.9 Å². The zero-order chi connectivity index (χ0) is 27.7. The number of alkyl halides is 6. The largest absolute Gasteiger partial charge is 0.619 e. The van der Waals surface area contributed by atoms with Crippen molar-refractivity contribution in [2.24, 2.45) is 0 Å². The van der Waals surface area contributed by atoms with Crippen LogP contribution >= 0.6 is 0 Å². The van der Waals surface area contributed by atoms with Crippen molar-refractivity contribution < 1.29 is 35.8 Å². The highest BCUT2D eigenvalue weighted by Crippen LogP contribution is 2.40. The van der Waals surface area contributed by atoms with Crippen LogP contribution in [0.5, 0.6) is 5.75 Å². The first-order valence-electron chi connectivity index (χ1n) is 11.6. The lowest BCUT2D eigenvalue weighted by molar-refractivity contribution is -0.605. The molecule has 0 saturated heterocycles. The Hall–Kier alpha value is -4.02. The molecule has 0 unspecified atom stereocenters. The van der Waals surface area contributed by atoms with Crippen LogP contribution in [0.25, 0.3) is 28.1 Å². The molecule has 0 atom stereocenters. The molecule has 0 aliphatic carbocycles. The number of nitrogens with zero attached hydrogens (tertiary/aromatic N) is 3. The van der Waals surface area contributed by atoms with E-state index in [1.165, 1.54) is 36.5 Å². The van der Waals surface area contributed by atoms with Crippen LogP contribution in [0.3, 0.4) is 0 Å². The number of imidazole rings is 1. The van der Waals surface area contributed by atoms with Crippen LogP contribution in [0.1, 0.15) is 36.5 Å². The predicted molar refractivity (Wildman–Crippen MR) is 129 cm³/mol. The SMILES string of the molecule is CCCCc1ccc(OC)c(-c2cc[n+]([O-])cc2-n2cncc2-c2cc(C(F)(F)F)cc(C(F)(F)F)c2)c1. The number of aryl methyl sites for hydroxylation is 1. The van der Waals surface area contributed by atoms with Gasteiger partial charge in [-0.2, -0.15) is 31.1 Å². The van der Waals surface area contributed by atoms with Crippen molar-refractivity contribution in [2.75, 3.05) is 7.11 Å². The molecule has 0 fully saturated rings. The van der Waals surface area contributed by atoms with Gasteiger partial charge in [0, 0.05) is 22.8 Å². The topological polar surface area (TPSA) is 54.0 Å². The third kappa shape index (κ3) is 5.61. The number of pyridine rings is 1. The molecule has 0 aliphatic rings. The second-order valence-corrected chi connectivity index (χ2v) is 8.69. The predicted octanol–water partition coefficient (Wildman–Crippen LogP) is 7.23. The van der Waals surface area contributed by atoms with Gasteiger partial charge in [0.2, 0.25) is 6.20 Å². The first kappa shape index (κ1) is 27.0. The lowest BCUT2D eigenvalue weighted by atomic mass is 9.98. The minimum atomic E-state index is -5.01. The van der Waals surface area contributed by atoms with Gasteiger partial charge in [-0.15, -0.1) is 0 Å². The molecule has 4 aromatic rings. The van der Waals surface area contributed by atoms with Gasteiger partial charge >= 0.3 is 12.4 Å². The van der Waals surface area contributed by atoms with Crippen LogP contribution in [0, 0.1) is 5.21 Å². The van der Waals surface area contributed by atoms with E-state index < -0.39 is 23.5 Å². The van der Waals surface area contributed by atoms with Crippen LogP contribution < -0.4 is 9.47 Å².